The fourth-order valence-corrected chi connectivity index (χ4v) is 4.33. The molecule has 0 saturated carbocycles. The van der Waals surface area contributed by atoms with Crippen LogP contribution in [0.3, 0.4) is 0 Å². The molecule has 2 aliphatic rings. The number of halogens is 1. The summed E-state index contributed by atoms with van der Waals surface area (Å²) in [4.78, 5) is 18.0. The number of nitrogens with one attached hydrogen (secondary N) is 1. The molecule has 0 aromatic heterocycles. The van der Waals surface area contributed by atoms with E-state index in [4.69, 9.17) is 14.3 Å². The molecule has 6 nitrogen and oxygen atoms in total. The molecule has 1 atom stereocenters. The Balaban J connectivity index is 1.65. The first-order valence-corrected chi connectivity index (χ1v) is 10.8. The fourth-order valence-electron chi connectivity index (χ4n) is 4.33. The average Bonchev–Trinajstić information content (AvgIpc) is 3.09. The fraction of sp³-hybridized carbons (Fsp3) is 0.222. The zero-order valence-electron chi connectivity index (χ0n) is 19.2. The summed E-state index contributed by atoms with van der Waals surface area (Å²) in [7, 11) is 2.93. The monoisotopic (exact) mass is 463 g/mol. The smallest absolute Gasteiger partial charge is 0.256 e. The summed E-state index contributed by atoms with van der Waals surface area (Å²) in [6.45, 7) is 1.93. The lowest BCUT2D eigenvalue weighted by atomic mass is 9.86. The summed E-state index contributed by atoms with van der Waals surface area (Å²) in [6, 6.07) is 12.4. The minimum Gasteiger partial charge on any atom is -0.502 e. The Morgan fingerprint density at radius 3 is 2.47 bits per heavy atom. The van der Waals surface area contributed by atoms with Crippen LogP contribution in [0.15, 0.2) is 82.7 Å². The van der Waals surface area contributed by atoms with E-state index in [1.807, 2.05) is 31.2 Å². The molecule has 0 radical (unpaired) electrons. The van der Waals surface area contributed by atoms with Crippen molar-refractivity contribution in [1.29, 1.82) is 0 Å². The van der Waals surface area contributed by atoms with Crippen LogP contribution in [0, 0.1) is 5.92 Å². The summed E-state index contributed by atoms with van der Waals surface area (Å²) >= 11 is 0. The summed E-state index contributed by atoms with van der Waals surface area (Å²) in [5.41, 5.74) is 6.80. The second-order valence-electron chi connectivity index (χ2n) is 8.09. The average molecular weight is 464 g/mol. The summed E-state index contributed by atoms with van der Waals surface area (Å²) in [6.07, 6.45) is 5.44. The summed E-state index contributed by atoms with van der Waals surface area (Å²) < 4.78 is 24.7. The third-order valence-corrected chi connectivity index (χ3v) is 6.03. The van der Waals surface area contributed by atoms with Gasteiger partial charge in [0.1, 0.15) is 5.83 Å². The van der Waals surface area contributed by atoms with E-state index in [1.54, 1.807) is 30.3 Å². The molecule has 0 spiro atoms. The first-order chi connectivity index (χ1) is 16.4. The maximum atomic E-state index is 14.2. The number of benzene rings is 2. The molecular formula is C27H26FNO5. The number of carbonyl (C=O) groups is 1. The number of rotatable bonds is 7. The van der Waals surface area contributed by atoms with Gasteiger partial charge < -0.3 is 19.4 Å². The second kappa shape index (κ2) is 9.87. The van der Waals surface area contributed by atoms with Crippen molar-refractivity contribution in [2.75, 3.05) is 14.2 Å². The van der Waals surface area contributed by atoms with E-state index in [0.29, 0.717) is 5.75 Å². The number of methoxy groups -OCH3 is 2. The van der Waals surface area contributed by atoms with Crippen molar-refractivity contribution in [1.82, 2.24) is 5.48 Å². The molecule has 0 saturated heterocycles. The Hall–Kier alpha value is -4.00. The van der Waals surface area contributed by atoms with Gasteiger partial charge in [-0.1, -0.05) is 24.3 Å². The summed E-state index contributed by atoms with van der Waals surface area (Å²) in [5, 5.41) is 10.2. The predicted molar refractivity (Wildman–Crippen MR) is 127 cm³/mol. The quantitative estimate of drug-likeness (QED) is 0.536. The second-order valence-corrected chi connectivity index (χ2v) is 8.09. The Kier molecular flexibility index (Phi) is 6.72. The Morgan fingerprint density at radius 2 is 1.82 bits per heavy atom. The van der Waals surface area contributed by atoms with Gasteiger partial charge in [-0.05, 0) is 71.2 Å². The van der Waals surface area contributed by atoms with E-state index >= 15 is 0 Å². The normalized spacial score (nSPS) is 18.2. The van der Waals surface area contributed by atoms with Gasteiger partial charge in [-0.3, -0.25) is 4.79 Å². The molecule has 7 heteroatoms. The first kappa shape index (κ1) is 23.2. The van der Waals surface area contributed by atoms with E-state index in [1.165, 1.54) is 20.3 Å². The lowest BCUT2D eigenvalue weighted by Gasteiger charge is -2.19. The van der Waals surface area contributed by atoms with Crippen LogP contribution in [0.4, 0.5) is 4.39 Å². The molecule has 0 fully saturated rings. The number of aromatic hydroxyl groups is 1. The number of ether oxygens (including phenoxy) is 2. The summed E-state index contributed by atoms with van der Waals surface area (Å²) in [5.74, 6) is 0.222. The van der Waals surface area contributed by atoms with Crippen molar-refractivity contribution < 1.29 is 28.6 Å². The topological polar surface area (TPSA) is 77.0 Å². The molecule has 2 N–H and O–H groups in total. The van der Waals surface area contributed by atoms with Gasteiger partial charge in [-0.25, -0.2) is 4.39 Å². The molecule has 0 bridgehead atoms. The van der Waals surface area contributed by atoms with Gasteiger partial charge >= 0.3 is 0 Å². The lowest BCUT2D eigenvalue weighted by molar-refractivity contribution is -0.127. The molecule has 2 aromatic rings. The Bertz CT molecular complexity index is 1200. The number of amides is 1. The van der Waals surface area contributed by atoms with Crippen LogP contribution in [0.1, 0.15) is 25.3 Å². The maximum Gasteiger partial charge on any atom is 0.256 e. The molecule has 0 aliphatic heterocycles. The van der Waals surface area contributed by atoms with Crippen molar-refractivity contribution >= 4 is 12.0 Å². The third kappa shape index (κ3) is 4.69. The Morgan fingerprint density at radius 1 is 1.15 bits per heavy atom. The third-order valence-electron chi connectivity index (χ3n) is 6.03. The lowest BCUT2D eigenvalue weighted by Crippen LogP contribution is -2.28. The first-order valence-electron chi connectivity index (χ1n) is 10.8. The Labute approximate surface area is 197 Å². The van der Waals surface area contributed by atoms with E-state index in [9.17, 15) is 14.3 Å². The molecule has 4 rings (SSSR count). The number of allylic oxidation sites excluding steroid dienone is 6. The van der Waals surface area contributed by atoms with Crippen LogP contribution in [0.5, 0.6) is 23.0 Å². The minimum absolute atomic E-state index is 0.0769. The van der Waals surface area contributed by atoms with Gasteiger partial charge in [0.05, 0.1) is 20.6 Å². The van der Waals surface area contributed by atoms with Crippen LogP contribution < -0.4 is 19.8 Å². The molecular weight excluding hydrogens is 437 g/mol. The molecule has 2 aromatic carbocycles. The molecule has 34 heavy (non-hydrogen) atoms. The predicted octanol–water partition coefficient (Wildman–Crippen LogP) is 5.42. The number of hydrogen-bond acceptors (Lipinski definition) is 5. The number of carbonyl (C=O) groups excluding carboxylic acids is 1. The van der Waals surface area contributed by atoms with E-state index in [2.05, 4.69) is 5.48 Å². The number of phenolic OH excluding ortho intramolecular Hbond substituents is 1. The van der Waals surface area contributed by atoms with Gasteiger partial charge in [0.15, 0.2) is 17.2 Å². The molecule has 1 amide bonds. The number of hydroxylamine groups is 1. The maximum absolute atomic E-state index is 14.2. The van der Waals surface area contributed by atoms with Crippen molar-refractivity contribution in [3.63, 3.8) is 0 Å². The SMILES string of the molecule is COc1cc(/C=C2\C3=CC=C(F)CC3C(CC(=O)NOc3ccccc3)=C2C)cc(OC)c1O. The molecule has 176 valence electrons. The zero-order chi connectivity index (χ0) is 24.2. The molecule has 0 heterocycles. The standard InChI is InChI=1S/C27H26FNO5/c1-16-21(11-17-12-24(32-2)27(31)25(13-17)33-3)20-10-9-18(28)14-23(20)22(16)15-26(30)29-34-19-7-5-4-6-8-19/h4-13,23,31H,14-15H2,1-3H3,(H,29,30)/b21-11-. The van der Waals surface area contributed by atoms with E-state index in [-0.39, 0.29) is 47.7 Å². The zero-order valence-corrected chi connectivity index (χ0v) is 19.2. The number of hydrogen-bond donors (Lipinski definition) is 2. The highest BCUT2D eigenvalue weighted by atomic mass is 19.1. The van der Waals surface area contributed by atoms with Crippen LogP contribution in [0.25, 0.3) is 6.08 Å². The van der Waals surface area contributed by atoms with E-state index < -0.39 is 0 Å². The van der Waals surface area contributed by atoms with Crippen LogP contribution >= 0.6 is 0 Å². The van der Waals surface area contributed by atoms with E-state index in [0.717, 1.165) is 27.9 Å². The van der Waals surface area contributed by atoms with Crippen molar-refractivity contribution in [2.24, 2.45) is 5.92 Å². The van der Waals surface area contributed by atoms with Crippen molar-refractivity contribution in [3.05, 3.63) is 88.3 Å². The van der Waals surface area contributed by atoms with Gasteiger partial charge in [-0.2, -0.15) is 5.48 Å². The number of para-hydroxylation sites is 1. The minimum atomic E-state index is -0.318. The number of fused-ring (bicyclic) bond motifs is 1. The highest BCUT2D eigenvalue weighted by molar-refractivity contribution is 5.82. The van der Waals surface area contributed by atoms with Gasteiger partial charge in [-0.15, -0.1) is 0 Å². The largest absolute Gasteiger partial charge is 0.502 e. The number of phenols is 1. The van der Waals surface area contributed by atoms with Crippen LogP contribution in [-0.4, -0.2) is 25.2 Å². The van der Waals surface area contributed by atoms with Crippen molar-refractivity contribution in [3.8, 4) is 23.0 Å². The van der Waals surface area contributed by atoms with Gasteiger partial charge in [0.25, 0.3) is 5.91 Å². The van der Waals surface area contributed by atoms with Gasteiger partial charge in [0, 0.05) is 12.3 Å². The van der Waals surface area contributed by atoms with Crippen LogP contribution in [-0.2, 0) is 4.79 Å². The highest BCUT2D eigenvalue weighted by Gasteiger charge is 2.35. The van der Waals surface area contributed by atoms with Crippen molar-refractivity contribution in [2.45, 2.75) is 19.8 Å². The molecule has 1 unspecified atom stereocenters. The highest BCUT2D eigenvalue weighted by Crippen LogP contribution is 2.48. The van der Waals surface area contributed by atoms with Gasteiger partial charge in [0.2, 0.25) is 5.75 Å². The molecule has 2 aliphatic carbocycles. The van der Waals surface area contributed by atoms with Crippen LogP contribution in [0.2, 0.25) is 0 Å².